The van der Waals surface area contributed by atoms with Gasteiger partial charge in [0.15, 0.2) is 0 Å². The van der Waals surface area contributed by atoms with Crippen LogP contribution in [0.3, 0.4) is 0 Å². The summed E-state index contributed by atoms with van der Waals surface area (Å²) < 4.78 is 0. The Morgan fingerprint density at radius 2 is 2.40 bits per heavy atom. The predicted octanol–water partition coefficient (Wildman–Crippen LogP) is 1.06. The Morgan fingerprint density at radius 3 is 2.93 bits per heavy atom. The molecular weight excluding hydrogens is 210 g/mol. The van der Waals surface area contributed by atoms with Gasteiger partial charge in [-0.05, 0) is 19.4 Å². The molecular formula is C10H17N3OS. The quantitative estimate of drug-likeness (QED) is 0.581. The third kappa shape index (κ3) is 4.59. The van der Waals surface area contributed by atoms with Gasteiger partial charge in [0, 0.05) is 17.0 Å². The van der Waals surface area contributed by atoms with Crippen molar-refractivity contribution in [3.05, 3.63) is 18.6 Å². The van der Waals surface area contributed by atoms with Gasteiger partial charge in [0.2, 0.25) is 0 Å². The Balaban J connectivity index is 2.46. The molecule has 1 aromatic heterocycles. The maximum atomic E-state index is 9.05. The first-order valence-electron chi connectivity index (χ1n) is 4.86. The average molecular weight is 227 g/mol. The molecule has 3 N–H and O–H groups in total. The number of hydrogen-bond donors (Lipinski definition) is 2. The lowest BCUT2D eigenvalue weighted by molar-refractivity contribution is 0.201. The largest absolute Gasteiger partial charge is 0.394 e. The van der Waals surface area contributed by atoms with Crippen molar-refractivity contribution in [1.82, 2.24) is 9.97 Å². The maximum Gasteiger partial charge on any atom is 0.116 e. The van der Waals surface area contributed by atoms with Crippen LogP contribution in [0.1, 0.15) is 20.3 Å². The summed E-state index contributed by atoms with van der Waals surface area (Å²) in [6.07, 6.45) is 4.00. The molecule has 2 unspecified atom stereocenters. The Kier molecular flexibility index (Phi) is 4.50. The average Bonchev–Trinajstić information content (AvgIpc) is 2.18. The van der Waals surface area contributed by atoms with E-state index in [0.29, 0.717) is 5.25 Å². The second-order valence-electron chi connectivity index (χ2n) is 3.99. The number of aromatic nitrogens is 2. The smallest absolute Gasteiger partial charge is 0.116 e. The van der Waals surface area contributed by atoms with Gasteiger partial charge < -0.3 is 10.8 Å². The normalized spacial score (nSPS) is 17.1. The van der Waals surface area contributed by atoms with Crippen LogP contribution >= 0.6 is 11.8 Å². The Labute approximate surface area is 94.3 Å². The topological polar surface area (TPSA) is 72.0 Å². The molecule has 0 fully saturated rings. The van der Waals surface area contributed by atoms with E-state index in [-0.39, 0.29) is 6.61 Å². The lowest BCUT2D eigenvalue weighted by Gasteiger charge is -2.24. The van der Waals surface area contributed by atoms with Crippen LogP contribution in [-0.2, 0) is 0 Å². The number of thioether (sulfide) groups is 1. The standard InChI is InChI=1S/C10H17N3OS/c1-8(5-10(2,11)6-14)15-9-3-4-12-7-13-9/h3-4,7-8,14H,5-6,11H2,1-2H3. The summed E-state index contributed by atoms with van der Waals surface area (Å²) in [5, 5.41) is 10.3. The fourth-order valence-corrected chi connectivity index (χ4v) is 2.44. The highest BCUT2D eigenvalue weighted by Crippen LogP contribution is 2.25. The van der Waals surface area contributed by atoms with Crippen molar-refractivity contribution in [3.8, 4) is 0 Å². The highest BCUT2D eigenvalue weighted by atomic mass is 32.2. The van der Waals surface area contributed by atoms with Crippen LogP contribution in [-0.4, -0.2) is 32.5 Å². The highest BCUT2D eigenvalue weighted by Gasteiger charge is 2.21. The van der Waals surface area contributed by atoms with Crippen LogP contribution in [0, 0.1) is 0 Å². The third-order valence-electron chi connectivity index (χ3n) is 1.99. The minimum atomic E-state index is -0.514. The summed E-state index contributed by atoms with van der Waals surface area (Å²) in [5.41, 5.74) is 5.36. The van der Waals surface area contributed by atoms with Crippen molar-refractivity contribution < 1.29 is 5.11 Å². The lowest BCUT2D eigenvalue weighted by Crippen LogP contribution is -2.42. The number of nitrogens with two attached hydrogens (primary N) is 1. The van der Waals surface area contributed by atoms with Gasteiger partial charge in [-0.1, -0.05) is 6.92 Å². The molecule has 0 bridgehead atoms. The second-order valence-corrected chi connectivity index (χ2v) is 5.45. The van der Waals surface area contributed by atoms with Crippen molar-refractivity contribution in [3.63, 3.8) is 0 Å². The first kappa shape index (κ1) is 12.4. The van der Waals surface area contributed by atoms with Crippen molar-refractivity contribution in [2.24, 2.45) is 5.73 Å². The van der Waals surface area contributed by atoms with Crippen LogP contribution in [0.25, 0.3) is 0 Å². The molecule has 0 radical (unpaired) electrons. The van der Waals surface area contributed by atoms with Gasteiger partial charge in [-0.15, -0.1) is 11.8 Å². The summed E-state index contributed by atoms with van der Waals surface area (Å²) in [7, 11) is 0. The molecule has 0 amide bonds. The van der Waals surface area contributed by atoms with E-state index in [1.807, 2.05) is 13.0 Å². The number of rotatable bonds is 5. The first-order chi connectivity index (χ1) is 7.03. The van der Waals surface area contributed by atoms with E-state index in [1.165, 1.54) is 6.33 Å². The molecule has 0 saturated carbocycles. The van der Waals surface area contributed by atoms with Gasteiger partial charge >= 0.3 is 0 Å². The zero-order valence-corrected chi connectivity index (χ0v) is 9.87. The highest BCUT2D eigenvalue weighted by molar-refractivity contribution is 7.99. The third-order valence-corrected chi connectivity index (χ3v) is 3.04. The fraction of sp³-hybridized carbons (Fsp3) is 0.600. The predicted molar refractivity (Wildman–Crippen MR) is 61.6 cm³/mol. The summed E-state index contributed by atoms with van der Waals surface area (Å²) in [4.78, 5) is 7.98. The Morgan fingerprint density at radius 1 is 1.67 bits per heavy atom. The van der Waals surface area contributed by atoms with E-state index in [0.717, 1.165) is 11.4 Å². The van der Waals surface area contributed by atoms with Gasteiger partial charge in [-0.3, -0.25) is 0 Å². The molecule has 1 rings (SSSR count). The fourth-order valence-electron chi connectivity index (χ4n) is 1.32. The molecule has 0 spiro atoms. The lowest BCUT2D eigenvalue weighted by atomic mass is 9.99. The van der Waals surface area contributed by atoms with Crippen LogP contribution in [0.5, 0.6) is 0 Å². The minimum Gasteiger partial charge on any atom is -0.394 e. The van der Waals surface area contributed by atoms with E-state index < -0.39 is 5.54 Å². The summed E-state index contributed by atoms with van der Waals surface area (Å²) in [5.74, 6) is 0. The van der Waals surface area contributed by atoms with Gasteiger partial charge in [-0.25, -0.2) is 9.97 Å². The van der Waals surface area contributed by atoms with Gasteiger partial charge in [0.05, 0.1) is 11.6 Å². The van der Waals surface area contributed by atoms with Crippen LogP contribution in [0.2, 0.25) is 0 Å². The monoisotopic (exact) mass is 227 g/mol. The van der Waals surface area contributed by atoms with E-state index in [9.17, 15) is 0 Å². The van der Waals surface area contributed by atoms with Gasteiger partial charge in [0.1, 0.15) is 6.33 Å². The number of aliphatic hydroxyl groups excluding tert-OH is 1. The van der Waals surface area contributed by atoms with Crippen molar-refractivity contribution in [2.45, 2.75) is 36.1 Å². The van der Waals surface area contributed by atoms with E-state index in [2.05, 4.69) is 16.9 Å². The summed E-state index contributed by atoms with van der Waals surface area (Å²) in [6.45, 7) is 3.93. The summed E-state index contributed by atoms with van der Waals surface area (Å²) >= 11 is 1.64. The Hall–Kier alpha value is -0.650. The molecule has 0 aliphatic carbocycles. The SMILES string of the molecule is CC(CC(C)(N)CO)Sc1ccncn1. The molecule has 5 heteroatoms. The number of hydrogen-bond acceptors (Lipinski definition) is 5. The van der Waals surface area contributed by atoms with Crippen LogP contribution in [0.15, 0.2) is 23.6 Å². The maximum absolute atomic E-state index is 9.05. The van der Waals surface area contributed by atoms with Crippen molar-refractivity contribution >= 4 is 11.8 Å². The second kappa shape index (κ2) is 5.44. The number of aliphatic hydroxyl groups is 1. The zero-order chi connectivity index (χ0) is 11.3. The molecule has 1 aromatic rings. The first-order valence-corrected chi connectivity index (χ1v) is 5.74. The molecule has 15 heavy (non-hydrogen) atoms. The van der Waals surface area contributed by atoms with E-state index in [4.69, 9.17) is 10.8 Å². The molecule has 2 atom stereocenters. The molecule has 4 nitrogen and oxygen atoms in total. The van der Waals surface area contributed by atoms with Crippen molar-refractivity contribution in [1.29, 1.82) is 0 Å². The van der Waals surface area contributed by atoms with E-state index >= 15 is 0 Å². The van der Waals surface area contributed by atoms with Crippen LogP contribution < -0.4 is 5.73 Å². The molecule has 84 valence electrons. The number of nitrogens with zero attached hydrogens (tertiary/aromatic N) is 2. The summed E-state index contributed by atoms with van der Waals surface area (Å²) in [6, 6.07) is 1.87. The van der Waals surface area contributed by atoms with E-state index in [1.54, 1.807) is 18.0 Å². The Bertz CT molecular complexity index is 292. The van der Waals surface area contributed by atoms with Crippen LogP contribution in [0.4, 0.5) is 0 Å². The minimum absolute atomic E-state index is 0.00166. The van der Waals surface area contributed by atoms with Gasteiger partial charge in [0.25, 0.3) is 0 Å². The molecule has 1 heterocycles. The van der Waals surface area contributed by atoms with Crippen molar-refractivity contribution in [2.75, 3.05) is 6.61 Å². The van der Waals surface area contributed by atoms with Gasteiger partial charge in [-0.2, -0.15) is 0 Å². The molecule has 0 aliphatic heterocycles. The molecule has 0 saturated heterocycles. The molecule has 0 aliphatic rings. The molecule has 0 aromatic carbocycles. The zero-order valence-electron chi connectivity index (χ0n) is 9.05.